The number of likely N-dealkylation sites (tertiary alicyclic amines) is 1. The number of hydrogen-bond donors (Lipinski definition) is 1. The van der Waals surface area contributed by atoms with E-state index in [4.69, 9.17) is 4.74 Å². The van der Waals surface area contributed by atoms with Gasteiger partial charge in [0, 0.05) is 17.5 Å². The Balaban J connectivity index is 1.63. The van der Waals surface area contributed by atoms with Gasteiger partial charge in [-0.15, -0.1) is 11.3 Å². The predicted octanol–water partition coefficient (Wildman–Crippen LogP) is 2.32. The van der Waals surface area contributed by atoms with E-state index in [0.29, 0.717) is 31.0 Å². The lowest BCUT2D eigenvalue weighted by Gasteiger charge is -2.23. The molecule has 1 fully saturated rings. The third kappa shape index (κ3) is 3.73. The van der Waals surface area contributed by atoms with Crippen LogP contribution < -0.4 is 10.1 Å². The van der Waals surface area contributed by atoms with E-state index in [0.717, 1.165) is 11.3 Å². The van der Waals surface area contributed by atoms with Crippen molar-refractivity contribution in [2.45, 2.75) is 25.3 Å². The van der Waals surface area contributed by atoms with Crippen molar-refractivity contribution in [3.63, 3.8) is 0 Å². The Morgan fingerprint density at radius 3 is 2.96 bits per heavy atom. The number of anilines is 1. The fourth-order valence-electron chi connectivity index (χ4n) is 2.80. The first-order valence-electron chi connectivity index (χ1n) is 7.80. The number of ether oxygens (including phenoxy) is 1. The van der Waals surface area contributed by atoms with Crippen LogP contribution in [-0.2, 0) is 16.0 Å². The smallest absolute Gasteiger partial charge is 0.247 e. The minimum absolute atomic E-state index is 0.00274. The second-order valence-corrected chi connectivity index (χ2v) is 6.61. The summed E-state index contributed by atoms with van der Waals surface area (Å²) in [4.78, 5) is 31.8. The lowest BCUT2D eigenvalue weighted by Crippen LogP contribution is -2.43. The van der Waals surface area contributed by atoms with Crippen LogP contribution in [0.2, 0.25) is 0 Å². The van der Waals surface area contributed by atoms with E-state index in [2.05, 4.69) is 10.3 Å². The summed E-state index contributed by atoms with van der Waals surface area (Å²) in [5.41, 5.74) is 0.596. The van der Waals surface area contributed by atoms with E-state index in [1.165, 1.54) is 7.11 Å². The SMILES string of the molecule is COc1ccc(NC(=O)C2CCCN2C(=O)Cc2cccs2)cn1. The summed E-state index contributed by atoms with van der Waals surface area (Å²) in [6.07, 6.45) is 3.43. The van der Waals surface area contributed by atoms with Gasteiger partial charge in [-0.3, -0.25) is 9.59 Å². The molecule has 7 heteroatoms. The molecule has 2 aromatic heterocycles. The minimum atomic E-state index is -0.417. The van der Waals surface area contributed by atoms with Crippen LogP contribution in [0, 0.1) is 0 Å². The molecule has 2 amide bonds. The monoisotopic (exact) mass is 345 g/mol. The first-order chi connectivity index (χ1) is 11.7. The van der Waals surface area contributed by atoms with E-state index in [1.807, 2.05) is 17.5 Å². The van der Waals surface area contributed by atoms with Crippen molar-refractivity contribution in [3.8, 4) is 5.88 Å². The molecule has 0 aliphatic carbocycles. The Morgan fingerprint density at radius 2 is 2.29 bits per heavy atom. The molecule has 3 rings (SSSR count). The zero-order valence-corrected chi connectivity index (χ0v) is 14.2. The molecule has 0 radical (unpaired) electrons. The van der Waals surface area contributed by atoms with Gasteiger partial charge in [0.2, 0.25) is 17.7 Å². The molecular formula is C17H19N3O3S. The summed E-state index contributed by atoms with van der Waals surface area (Å²) < 4.78 is 5.00. The lowest BCUT2D eigenvalue weighted by atomic mass is 10.2. The zero-order chi connectivity index (χ0) is 16.9. The summed E-state index contributed by atoms with van der Waals surface area (Å²) >= 11 is 1.56. The van der Waals surface area contributed by atoms with Crippen LogP contribution in [0.5, 0.6) is 5.88 Å². The molecule has 2 aromatic rings. The number of amides is 2. The van der Waals surface area contributed by atoms with Gasteiger partial charge in [-0.25, -0.2) is 4.98 Å². The van der Waals surface area contributed by atoms with Crippen LogP contribution in [0.4, 0.5) is 5.69 Å². The van der Waals surface area contributed by atoms with Gasteiger partial charge in [0.15, 0.2) is 0 Å². The second kappa shape index (κ2) is 7.44. The maximum atomic E-state index is 12.5. The van der Waals surface area contributed by atoms with Crippen molar-refractivity contribution >= 4 is 28.8 Å². The number of hydrogen-bond acceptors (Lipinski definition) is 5. The largest absolute Gasteiger partial charge is 0.481 e. The second-order valence-electron chi connectivity index (χ2n) is 5.58. The van der Waals surface area contributed by atoms with Gasteiger partial charge in [-0.2, -0.15) is 0 Å². The number of nitrogens with zero attached hydrogens (tertiary/aromatic N) is 2. The zero-order valence-electron chi connectivity index (χ0n) is 13.4. The number of nitrogens with one attached hydrogen (secondary N) is 1. The van der Waals surface area contributed by atoms with Gasteiger partial charge in [0.1, 0.15) is 6.04 Å². The highest BCUT2D eigenvalue weighted by atomic mass is 32.1. The van der Waals surface area contributed by atoms with E-state index < -0.39 is 6.04 Å². The number of carbonyl (C=O) groups excluding carboxylic acids is 2. The third-order valence-corrected chi connectivity index (χ3v) is 4.87. The standard InChI is InChI=1S/C17H19N3O3S/c1-23-15-7-6-12(11-18-15)19-17(22)14-5-2-8-20(14)16(21)10-13-4-3-9-24-13/h3-4,6-7,9,11,14H,2,5,8,10H2,1H3,(H,19,22). The number of pyridine rings is 1. The maximum absolute atomic E-state index is 12.5. The van der Waals surface area contributed by atoms with Gasteiger partial charge in [0.05, 0.1) is 25.4 Å². The fraction of sp³-hybridized carbons (Fsp3) is 0.353. The van der Waals surface area contributed by atoms with Crippen LogP contribution in [-0.4, -0.2) is 41.4 Å². The Labute approximate surface area is 144 Å². The van der Waals surface area contributed by atoms with Crippen LogP contribution in [0.15, 0.2) is 35.8 Å². The Bertz CT molecular complexity index is 700. The van der Waals surface area contributed by atoms with Gasteiger partial charge in [-0.1, -0.05) is 6.07 Å². The van der Waals surface area contributed by atoms with E-state index in [-0.39, 0.29) is 11.8 Å². The molecule has 1 unspecified atom stereocenters. The van der Waals surface area contributed by atoms with Crippen LogP contribution >= 0.6 is 11.3 Å². The van der Waals surface area contributed by atoms with Crippen molar-refractivity contribution in [1.82, 2.24) is 9.88 Å². The Kier molecular flexibility index (Phi) is 5.10. The van der Waals surface area contributed by atoms with Crippen LogP contribution in [0.3, 0.4) is 0 Å². The summed E-state index contributed by atoms with van der Waals surface area (Å²) in [5.74, 6) is 0.323. The predicted molar refractivity (Wildman–Crippen MR) is 92.2 cm³/mol. The Morgan fingerprint density at radius 1 is 1.42 bits per heavy atom. The normalized spacial score (nSPS) is 16.9. The topological polar surface area (TPSA) is 71.5 Å². The fourth-order valence-corrected chi connectivity index (χ4v) is 3.50. The summed E-state index contributed by atoms with van der Waals surface area (Å²) in [6.45, 7) is 0.628. The molecule has 1 saturated heterocycles. The molecule has 0 bridgehead atoms. The highest BCUT2D eigenvalue weighted by molar-refractivity contribution is 7.10. The minimum Gasteiger partial charge on any atom is -0.481 e. The number of aromatic nitrogens is 1. The molecule has 6 nitrogen and oxygen atoms in total. The number of rotatable bonds is 5. The average molecular weight is 345 g/mol. The van der Waals surface area contributed by atoms with Crippen LogP contribution in [0.1, 0.15) is 17.7 Å². The molecule has 1 aliphatic rings. The molecule has 3 heterocycles. The molecule has 1 aliphatic heterocycles. The number of carbonyl (C=O) groups is 2. The highest BCUT2D eigenvalue weighted by Gasteiger charge is 2.34. The number of thiophene rings is 1. The van der Waals surface area contributed by atoms with Gasteiger partial charge < -0.3 is 15.0 Å². The van der Waals surface area contributed by atoms with Crippen molar-refractivity contribution < 1.29 is 14.3 Å². The van der Waals surface area contributed by atoms with E-state index in [9.17, 15) is 9.59 Å². The van der Waals surface area contributed by atoms with Crippen molar-refractivity contribution in [3.05, 3.63) is 40.7 Å². The first kappa shape index (κ1) is 16.4. The Hall–Kier alpha value is -2.41. The summed E-state index contributed by atoms with van der Waals surface area (Å²) in [7, 11) is 1.54. The van der Waals surface area contributed by atoms with Gasteiger partial charge in [0.25, 0.3) is 0 Å². The molecular weight excluding hydrogens is 326 g/mol. The van der Waals surface area contributed by atoms with Gasteiger partial charge >= 0.3 is 0 Å². The average Bonchev–Trinajstić information content (AvgIpc) is 3.27. The highest BCUT2D eigenvalue weighted by Crippen LogP contribution is 2.22. The maximum Gasteiger partial charge on any atom is 0.247 e. The van der Waals surface area contributed by atoms with Crippen molar-refractivity contribution in [1.29, 1.82) is 0 Å². The molecule has 1 N–H and O–H groups in total. The molecule has 24 heavy (non-hydrogen) atoms. The molecule has 0 saturated carbocycles. The van der Waals surface area contributed by atoms with Gasteiger partial charge in [-0.05, 0) is 30.4 Å². The van der Waals surface area contributed by atoms with E-state index >= 15 is 0 Å². The molecule has 0 spiro atoms. The van der Waals surface area contributed by atoms with Crippen LogP contribution in [0.25, 0.3) is 0 Å². The van der Waals surface area contributed by atoms with Crippen molar-refractivity contribution in [2.75, 3.05) is 19.0 Å². The number of methoxy groups -OCH3 is 1. The molecule has 1 atom stereocenters. The molecule has 126 valence electrons. The first-order valence-corrected chi connectivity index (χ1v) is 8.68. The molecule has 0 aromatic carbocycles. The third-order valence-electron chi connectivity index (χ3n) is 3.99. The van der Waals surface area contributed by atoms with E-state index in [1.54, 1.807) is 34.6 Å². The summed E-state index contributed by atoms with van der Waals surface area (Å²) in [5, 5.41) is 4.78. The van der Waals surface area contributed by atoms with Crippen molar-refractivity contribution in [2.24, 2.45) is 0 Å². The quantitative estimate of drug-likeness (QED) is 0.903. The summed E-state index contributed by atoms with van der Waals surface area (Å²) in [6, 6.07) is 6.87. The lowest BCUT2D eigenvalue weighted by molar-refractivity contribution is -0.136.